The molecule has 2 N–H and O–H groups in total. The highest BCUT2D eigenvalue weighted by molar-refractivity contribution is 5.51. The van der Waals surface area contributed by atoms with E-state index in [2.05, 4.69) is 5.32 Å². The molecule has 0 aromatic heterocycles. The van der Waals surface area contributed by atoms with Crippen LogP contribution in [0.5, 0.6) is 5.75 Å². The molecule has 1 aromatic rings. The van der Waals surface area contributed by atoms with E-state index in [-0.39, 0.29) is 0 Å². The van der Waals surface area contributed by atoms with E-state index in [1.807, 2.05) is 26.0 Å². The SMILES string of the molecule is CCOC1CC(Nc2ccc(O)c(C)c2)C1. The summed E-state index contributed by atoms with van der Waals surface area (Å²) in [7, 11) is 0. The molecule has 1 saturated carbocycles. The molecule has 0 bridgehead atoms. The Hall–Kier alpha value is -1.22. The normalized spacial score (nSPS) is 23.9. The zero-order chi connectivity index (χ0) is 11.5. The van der Waals surface area contributed by atoms with Crippen LogP contribution in [0.4, 0.5) is 5.69 Å². The number of anilines is 1. The molecule has 0 amide bonds. The Morgan fingerprint density at radius 1 is 1.44 bits per heavy atom. The standard InChI is InChI=1S/C13H19NO2/c1-3-16-12-7-11(8-12)14-10-4-5-13(15)9(2)6-10/h4-6,11-12,14-15H,3,7-8H2,1-2H3. The molecule has 0 aliphatic heterocycles. The van der Waals surface area contributed by atoms with Gasteiger partial charge < -0.3 is 15.2 Å². The van der Waals surface area contributed by atoms with Crippen molar-refractivity contribution in [2.24, 2.45) is 0 Å². The monoisotopic (exact) mass is 221 g/mol. The van der Waals surface area contributed by atoms with Gasteiger partial charge in [-0.1, -0.05) is 0 Å². The summed E-state index contributed by atoms with van der Waals surface area (Å²) in [5.41, 5.74) is 1.99. The first-order valence-corrected chi connectivity index (χ1v) is 5.86. The number of phenolic OH excluding ortho intramolecular Hbond substituents is 1. The molecular weight excluding hydrogens is 202 g/mol. The second kappa shape index (κ2) is 4.74. The molecule has 0 heterocycles. The molecule has 2 rings (SSSR count). The highest BCUT2D eigenvalue weighted by Crippen LogP contribution is 2.28. The molecule has 0 radical (unpaired) electrons. The fourth-order valence-corrected chi connectivity index (χ4v) is 2.04. The third-order valence-electron chi connectivity index (χ3n) is 3.06. The number of nitrogens with one attached hydrogen (secondary N) is 1. The number of hydrogen-bond acceptors (Lipinski definition) is 3. The van der Waals surface area contributed by atoms with Gasteiger partial charge >= 0.3 is 0 Å². The van der Waals surface area contributed by atoms with Gasteiger partial charge in [-0.25, -0.2) is 0 Å². The minimum Gasteiger partial charge on any atom is -0.508 e. The number of aryl methyl sites for hydroxylation is 1. The predicted octanol–water partition coefficient (Wildman–Crippen LogP) is 2.68. The molecule has 3 nitrogen and oxygen atoms in total. The third-order valence-corrected chi connectivity index (χ3v) is 3.06. The maximum absolute atomic E-state index is 9.41. The van der Waals surface area contributed by atoms with Crippen molar-refractivity contribution in [2.45, 2.75) is 38.8 Å². The maximum atomic E-state index is 9.41. The summed E-state index contributed by atoms with van der Waals surface area (Å²) in [6.45, 7) is 4.74. The van der Waals surface area contributed by atoms with Gasteiger partial charge in [0.15, 0.2) is 0 Å². The molecule has 88 valence electrons. The average molecular weight is 221 g/mol. The van der Waals surface area contributed by atoms with E-state index >= 15 is 0 Å². The Labute approximate surface area is 96.4 Å². The van der Waals surface area contributed by atoms with Gasteiger partial charge in [0.1, 0.15) is 5.75 Å². The third kappa shape index (κ3) is 2.47. The first-order chi connectivity index (χ1) is 7.69. The van der Waals surface area contributed by atoms with Crippen LogP contribution in [0.3, 0.4) is 0 Å². The van der Waals surface area contributed by atoms with E-state index in [1.54, 1.807) is 6.07 Å². The fourth-order valence-electron chi connectivity index (χ4n) is 2.04. The quantitative estimate of drug-likeness (QED) is 0.768. The zero-order valence-electron chi connectivity index (χ0n) is 9.86. The molecule has 1 fully saturated rings. The molecule has 0 spiro atoms. The largest absolute Gasteiger partial charge is 0.508 e. The first-order valence-electron chi connectivity index (χ1n) is 5.86. The van der Waals surface area contributed by atoms with Gasteiger partial charge in [0.2, 0.25) is 0 Å². The number of phenols is 1. The Kier molecular flexibility index (Phi) is 3.34. The van der Waals surface area contributed by atoms with Crippen molar-refractivity contribution in [3.05, 3.63) is 23.8 Å². The lowest BCUT2D eigenvalue weighted by Gasteiger charge is -2.36. The van der Waals surface area contributed by atoms with Gasteiger partial charge in [-0.15, -0.1) is 0 Å². The molecule has 1 aromatic carbocycles. The number of aromatic hydroxyl groups is 1. The second-order valence-electron chi connectivity index (χ2n) is 4.39. The Morgan fingerprint density at radius 3 is 2.81 bits per heavy atom. The van der Waals surface area contributed by atoms with Crippen molar-refractivity contribution < 1.29 is 9.84 Å². The van der Waals surface area contributed by atoms with Crippen LogP contribution in [0.2, 0.25) is 0 Å². The number of rotatable bonds is 4. The number of ether oxygens (including phenoxy) is 1. The maximum Gasteiger partial charge on any atom is 0.118 e. The van der Waals surface area contributed by atoms with Crippen molar-refractivity contribution in [3.63, 3.8) is 0 Å². The summed E-state index contributed by atoms with van der Waals surface area (Å²) in [6.07, 6.45) is 2.59. The van der Waals surface area contributed by atoms with E-state index in [4.69, 9.17) is 4.74 Å². The molecule has 1 aliphatic rings. The summed E-state index contributed by atoms with van der Waals surface area (Å²) in [4.78, 5) is 0. The van der Waals surface area contributed by atoms with Crippen molar-refractivity contribution >= 4 is 5.69 Å². The summed E-state index contributed by atoms with van der Waals surface area (Å²) in [5.74, 6) is 0.353. The lowest BCUT2D eigenvalue weighted by molar-refractivity contribution is 0.00299. The lowest BCUT2D eigenvalue weighted by Crippen LogP contribution is -2.40. The van der Waals surface area contributed by atoms with Crippen molar-refractivity contribution in [1.29, 1.82) is 0 Å². The molecule has 0 saturated heterocycles. The Morgan fingerprint density at radius 2 is 2.19 bits per heavy atom. The van der Waals surface area contributed by atoms with Crippen LogP contribution in [-0.4, -0.2) is 23.9 Å². The van der Waals surface area contributed by atoms with Gasteiger partial charge in [-0.3, -0.25) is 0 Å². The summed E-state index contributed by atoms with van der Waals surface area (Å²) in [5, 5.41) is 12.9. The van der Waals surface area contributed by atoms with Crippen LogP contribution < -0.4 is 5.32 Å². The highest BCUT2D eigenvalue weighted by atomic mass is 16.5. The van der Waals surface area contributed by atoms with Gasteiger partial charge in [-0.05, 0) is 50.5 Å². The van der Waals surface area contributed by atoms with Crippen LogP contribution in [0.15, 0.2) is 18.2 Å². The summed E-state index contributed by atoms with van der Waals surface area (Å²) in [6, 6.07) is 6.14. The van der Waals surface area contributed by atoms with Crippen molar-refractivity contribution in [3.8, 4) is 5.75 Å². The zero-order valence-corrected chi connectivity index (χ0v) is 9.86. The minimum absolute atomic E-state index is 0.353. The van der Waals surface area contributed by atoms with Crippen molar-refractivity contribution in [2.75, 3.05) is 11.9 Å². The summed E-state index contributed by atoms with van der Waals surface area (Å²) >= 11 is 0. The van der Waals surface area contributed by atoms with Gasteiger partial charge in [0, 0.05) is 18.3 Å². The number of benzene rings is 1. The molecular formula is C13H19NO2. The van der Waals surface area contributed by atoms with E-state index in [0.29, 0.717) is 17.9 Å². The van der Waals surface area contributed by atoms with Gasteiger partial charge in [-0.2, -0.15) is 0 Å². The smallest absolute Gasteiger partial charge is 0.118 e. The summed E-state index contributed by atoms with van der Waals surface area (Å²) < 4.78 is 5.51. The van der Waals surface area contributed by atoms with E-state index in [9.17, 15) is 5.11 Å². The van der Waals surface area contributed by atoms with Crippen LogP contribution in [0, 0.1) is 6.92 Å². The van der Waals surface area contributed by atoms with Gasteiger partial charge in [0.05, 0.1) is 6.10 Å². The molecule has 0 atom stereocenters. The highest BCUT2D eigenvalue weighted by Gasteiger charge is 2.29. The minimum atomic E-state index is 0.353. The van der Waals surface area contributed by atoms with E-state index in [0.717, 1.165) is 30.7 Å². The van der Waals surface area contributed by atoms with Crippen molar-refractivity contribution in [1.82, 2.24) is 0 Å². The topological polar surface area (TPSA) is 41.5 Å². The van der Waals surface area contributed by atoms with Crippen LogP contribution in [-0.2, 0) is 4.74 Å². The fraction of sp³-hybridized carbons (Fsp3) is 0.538. The molecule has 16 heavy (non-hydrogen) atoms. The lowest BCUT2D eigenvalue weighted by atomic mass is 9.89. The van der Waals surface area contributed by atoms with Gasteiger partial charge in [0.25, 0.3) is 0 Å². The molecule has 0 unspecified atom stereocenters. The van der Waals surface area contributed by atoms with E-state index < -0.39 is 0 Å². The average Bonchev–Trinajstić information content (AvgIpc) is 2.20. The molecule has 1 aliphatic carbocycles. The van der Waals surface area contributed by atoms with E-state index in [1.165, 1.54) is 0 Å². The van der Waals surface area contributed by atoms with Crippen LogP contribution in [0.1, 0.15) is 25.3 Å². The van der Waals surface area contributed by atoms with Crippen LogP contribution in [0.25, 0.3) is 0 Å². The predicted molar refractivity (Wildman–Crippen MR) is 64.9 cm³/mol. The number of hydrogen-bond donors (Lipinski definition) is 2. The Bertz CT molecular complexity index is 359. The molecule has 3 heteroatoms. The Balaban J connectivity index is 1.84. The first kappa shape index (κ1) is 11.3. The second-order valence-corrected chi connectivity index (χ2v) is 4.39. The van der Waals surface area contributed by atoms with Crippen LogP contribution >= 0.6 is 0 Å².